The second-order valence-electron chi connectivity index (χ2n) is 6.74. The number of carboxylic acid groups (broad SMARTS) is 1. The van der Waals surface area contributed by atoms with Crippen molar-refractivity contribution in [2.75, 3.05) is 13.1 Å². The molecule has 1 N–H and O–H groups in total. The van der Waals surface area contributed by atoms with Crippen molar-refractivity contribution in [3.05, 3.63) is 34.9 Å². The molecule has 2 atom stereocenters. The third kappa shape index (κ3) is 3.69. The number of hydrogen-bond acceptors (Lipinski definition) is 2. The number of nitrogens with zero attached hydrogens (tertiary/aromatic N) is 1. The fourth-order valence-corrected chi connectivity index (χ4v) is 3.70. The molecule has 1 heterocycles. The number of aliphatic carboxylic acids is 1. The lowest BCUT2D eigenvalue weighted by Crippen LogP contribution is -2.30. The first-order valence-corrected chi connectivity index (χ1v) is 8.68. The number of carbonyl (C=O) groups excluding carboxylic acids is 1. The number of carboxylic acids is 1. The van der Waals surface area contributed by atoms with Crippen molar-refractivity contribution in [2.24, 2.45) is 11.8 Å². The highest BCUT2D eigenvalue weighted by molar-refractivity contribution is 6.30. The molecule has 1 aromatic rings. The highest BCUT2D eigenvalue weighted by atomic mass is 35.5. The third-order valence-corrected chi connectivity index (χ3v) is 5.53. The molecule has 1 saturated carbocycles. The molecule has 23 heavy (non-hydrogen) atoms. The van der Waals surface area contributed by atoms with Gasteiger partial charge in [0.25, 0.3) is 0 Å². The van der Waals surface area contributed by atoms with Gasteiger partial charge in [-0.15, -0.1) is 0 Å². The zero-order valence-corrected chi connectivity index (χ0v) is 13.8. The summed E-state index contributed by atoms with van der Waals surface area (Å²) in [7, 11) is 0. The topological polar surface area (TPSA) is 57.6 Å². The standard InChI is InChI=1S/C18H22ClNO3/c19-14-7-5-13(6-8-14)15-10-20(11-16(15)18(22)23)17(21)9-4-12-2-1-3-12/h5-8,12,15-16H,1-4,9-11H2,(H,22,23)/t15-,16+/m0/s1. The SMILES string of the molecule is O=C(O)[C@@H]1CN(C(=O)CCC2CCC2)C[C@H]1c1ccc(Cl)cc1. The number of likely N-dealkylation sites (tertiary alicyclic amines) is 1. The molecule has 4 nitrogen and oxygen atoms in total. The number of amides is 1. The molecular weight excluding hydrogens is 314 g/mol. The summed E-state index contributed by atoms with van der Waals surface area (Å²) in [6.07, 6.45) is 5.24. The van der Waals surface area contributed by atoms with Crippen LogP contribution in [0, 0.1) is 11.8 Å². The Labute approximate surface area is 141 Å². The fraction of sp³-hybridized carbons (Fsp3) is 0.556. The van der Waals surface area contributed by atoms with Gasteiger partial charge in [-0.2, -0.15) is 0 Å². The van der Waals surface area contributed by atoms with E-state index in [1.807, 2.05) is 12.1 Å². The minimum atomic E-state index is -0.834. The number of benzene rings is 1. The molecule has 124 valence electrons. The lowest BCUT2D eigenvalue weighted by atomic mass is 9.82. The largest absolute Gasteiger partial charge is 0.481 e. The van der Waals surface area contributed by atoms with Gasteiger partial charge in [0.15, 0.2) is 0 Å². The summed E-state index contributed by atoms with van der Waals surface area (Å²) in [5.74, 6) is -0.732. The molecule has 3 rings (SSSR count). The molecule has 2 aliphatic rings. The van der Waals surface area contributed by atoms with E-state index in [1.54, 1.807) is 17.0 Å². The molecule has 5 heteroatoms. The van der Waals surface area contributed by atoms with Crippen molar-refractivity contribution < 1.29 is 14.7 Å². The van der Waals surface area contributed by atoms with Gasteiger partial charge in [0.05, 0.1) is 5.92 Å². The van der Waals surface area contributed by atoms with E-state index in [0.29, 0.717) is 30.5 Å². The molecule has 0 spiro atoms. The first-order valence-electron chi connectivity index (χ1n) is 8.30. The number of rotatable bonds is 5. The van der Waals surface area contributed by atoms with Crippen molar-refractivity contribution in [3.8, 4) is 0 Å². The van der Waals surface area contributed by atoms with Gasteiger partial charge in [-0.25, -0.2) is 0 Å². The van der Waals surface area contributed by atoms with Crippen molar-refractivity contribution in [2.45, 2.75) is 38.0 Å². The number of halogens is 1. The van der Waals surface area contributed by atoms with Crippen LogP contribution in [0.3, 0.4) is 0 Å². The smallest absolute Gasteiger partial charge is 0.308 e. The second-order valence-corrected chi connectivity index (χ2v) is 7.17. The summed E-state index contributed by atoms with van der Waals surface area (Å²) in [4.78, 5) is 25.7. The normalized spacial score (nSPS) is 24.5. The summed E-state index contributed by atoms with van der Waals surface area (Å²) >= 11 is 5.91. The Bertz CT molecular complexity index is 582. The van der Waals surface area contributed by atoms with E-state index in [-0.39, 0.29) is 11.8 Å². The predicted octanol–water partition coefficient (Wildman–Crippen LogP) is 3.55. The van der Waals surface area contributed by atoms with E-state index < -0.39 is 11.9 Å². The van der Waals surface area contributed by atoms with Gasteiger partial charge in [0.1, 0.15) is 0 Å². The average Bonchev–Trinajstić information content (AvgIpc) is 2.91. The number of carbonyl (C=O) groups is 2. The Balaban J connectivity index is 1.66. The van der Waals surface area contributed by atoms with Crippen LogP contribution in [0.4, 0.5) is 0 Å². The van der Waals surface area contributed by atoms with Gasteiger partial charge >= 0.3 is 5.97 Å². The Hall–Kier alpha value is -1.55. The monoisotopic (exact) mass is 335 g/mol. The van der Waals surface area contributed by atoms with Gasteiger partial charge in [0, 0.05) is 30.5 Å². The first kappa shape index (κ1) is 16.3. The Morgan fingerprint density at radius 2 is 1.87 bits per heavy atom. The molecular formula is C18H22ClNO3. The molecule has 0 unspecified atom stereocenters. The summed E-state index contributed by atoms with van der Waals surface area (Å²) < 4.78 is 0. The van der Waals surface area contributed by atoms with Gasteiger partial charge in [0.2, 0.25) is 5.91 Å². The maximum Gasteiger partial charge on any atom is 0.308 e. The highest BCUT2D eigenvalue weighted by Crippen LogP contribution is 2.35. The summed E-state index contributed by atoms with van der Waals surface area (Å²) in [6.45, 7) is 0.800. The molecule has 0 radical (unpaired) electrons. The van der Waals surface area contributed by atoms with Crippen LogP contribution in [-0.2, 0) is 9.59 Å². The highest BCUT2D eigenvalue weighted by Gasteiger charge is 2.40. The van der Waals surface area contributed by atoms with Crippen LogP contribution in [0.15, 0.2) is 24.3 Å². The van der Waals surface area contributed by atoms with Crippen molar-refractivity contribution in [3.63, 3.8) is 0 Å². The molecule has 0 aromatic heterocycles. The lowest BCUT2D eigenvalue weighted by Gasteiger charge is -2.26. The zero-order valence-electron chi connectivity index (χ0n) is 13.1. The molecule has 1 amide bonds. The minimum Gasteiger partial charge on any atom is -0.481 e. The Morgan fingerprint density at radius 1 is 1.17 bits per heavy atom. The fourth-order valence-electron chi connectivity index (χ4n) is 3.57. The van der Waals surface area contributed by atoms with Gasteiger partial charge in [-0.1, -0.05) is 43.0 Å². The summed E-state index contributed by atoms with van der Waals surface area (Å²) in [6, 6.07) is 7.28. The zero-order chi connectivity index (χ0) is 16.4. The quantitative estimate of drug-likeness (QED) is 0.895. The van der Waals surface area contributed by atoms with Crippen molar-refractivity contribution in [1.82, 2.24) is 4.90 Å². The maximum absolute atomic E-state index is 12.4. The van der Waals surface area contributed by atoms with E-state index in [4.69, 9.17) is 11.6 Å². The van der Waals surface area contributed by atoms with Gasteiger partial charge < -0.3 is 10.0 Å². The minimum absolute atomic E-state index is 0.0969. The second kappa shape index (κ2) is 6.91. The number of hydrogen-bond donors (Lipinski definition) is 1. The third-order valence-electron chi connectivity index (χ3n) is 5.28. The van der Waals surface area contributed by atoms with E-state index in [2.05, 4.69) is 0 Å². The molecule has 1 aliphatic carbocycles. The molecule has 1 aromatic carbocycles. The first-order chi connectivity index (χ1) is 11.0. The lowest BCUT2D eigenvalue weighted by molar-refractivity contribution is -0.141. The van der Waals surface area contributed by atoms with Crippen LogP contribution in [0.2, 0.25) is 5.02 Å². The molecule has 1 aliphatic heterocycles. The summed E-state index contributed by atoms with van der Waals surface area (Å²) in [5.41, 5.74) is 0.941. The average molecular weight is 336 g/mol. The van der Waals surface area contributed by atoms with Gasteiger partial charge in [-0.3, -0.25) is 9.59 Å². The molecule has 2 fully saturated rings. The van der Waals surface area contributed by atoms with E-state index >= 15 is 0 Å². The van der Waals surface area contributed by atoms with Crippen LogP contribution < -0.4 is 0 Å². The van der Waals surface area contributed by atoms with Crippen LogP contribution in [0.1, 0.15) is 43.6 Å². The van der Waals surface area contributed by atoms with Crippen LogP contribution in [0.5, 0.6) is 0 Å². The van der Waals surface area contributed by atoms with E-state index in [9.17, 15) is 14.7 Å². The Kier molecular flexibility index (Phi) is 4.90. The van der Waals surface area contributed by atoms with Gasteiger partial charge in [-0.05, 0) is 30.0 Å². The van der Waals surface area contributed by atoms with Crippen LogP contribution in [0.25, 0.3) is 0 Å². The predicted molar refractivity (Wildman–Crippen MR) is 88.5 cm³/mol. The van der Waals surface area contributed by atoms with Crippen molar-refractivity contribution >= 4 is 23.5 Å². The van der Waals surface area contributed by atoms with Crippen LogP contribution >= 0.6 is 11.6 Å². The summed E-state index contributed by atoms with van der Waals surface area (Å²) in [5, 5.41) is 10.1. The van der Waals surface area contributed by atoms with Crippen LogP contribution in [-0.4, -0.2) is 35.0 Å². The van der Waals surface area contributed by atoms with Crippen molar-refractivity contribution in [1.29, 1.82) is 0 Å². The molecule has 1 saturated heterocycles. The van der Waals surface area contributed by atoms with E-state index in [1.165, 1.54) is 19.3 Å². The van der Waals surface area contributed by atoms with E-state index in [0.717, 1.165) is 12.0 Å². The molecule has 0 bridgehead atoms. The Morgan fingerprint density at radius 3 is 2.43 bits per heavy atom. The maximum atomic E-state index is 12.4.